The summed E-state index contributed by atoms with van der Waals surface area (Å²) in [6.45, 7) is 0.0889. The molecule has 0 aromatic carbocycles. The van der Waals surface area contributed by atoms with Crippen molar-refractivity contribution in [2.75, 3.05) is 18.1 Å². The molecule has 0 bridgehead atoms. The zero-order valence-electron chi connectivity index (χ0n) is 8.59. The van der Waals surface area contributed by atoms with Crippen LogP contribution in [-0.2, 0) is 6.42 Å². The van der Waals surface area contributed by atoms with Crippen LogP contribution in [0.3, 0.4) is 0 Å². The smallest absolute Gasteiger partial charge is 0.153 e. The largest absolute Gasteiger partial charge is 0.396 e. The van der Waals surface area contributed by atoms with E-state index in [1.807, 2.05) is 11.8 Å². The van der Waals surface area contributed by atoms with Crippen LogP contribution in [-0.4, -0.2) is 38.4 Å². The van der Waals surface area contributed by atoms with E-state index in [9.17, 15) is 0 Å². The standard InChI is InChI=1S/C10H15N3OS/c14-4-1-10-12-9(7-11-13-10)8-2-5-15-6-3-8/h7-8,14H,1-6H2. The molecule has 2 heterocycles. The van der Waals surface area contributed by atoms with E-state index in [0.29, 0.717) is 18.2 Å². The van der Waals surface area contributed by atoms with E-state index in [0.717, 1.165) is 5.69 Å². The van der Waals surface area contributed by atoms with Gasteiger partial charge in [0.2, 0.25) is 0 Å². The summed E-state index contributed by atoms with van der Waals surface area (Å²) in [7, 11) is 0. The van der Waals surface area contributed by atoms with Gasteiger partial charge in [-0.15, -0.1) is 5.10 Å². The summed E-state index contributed by atoms with van der Waals surface area (Å²) in [6.07, 6.45) is 4.63. The number of rotatable bonds is 3. The molecule has 0 radical (unpaired) electrons. The zero-order chi connectivity index (χ0) is 10.5. The lowest BCUT2D eigenvalue weighted by atomic mass is 9.99. The van der Waals surface area contributed by atoms with Crippen molar-refractivity contribution in [1.29, 1.82) is 0 Å². The van der Waals surface area contributed by atoms with Crippen LogP contribution in [0.5, 0.6) is 0 Å². The molecule has 82 valence electrons. The maximum atomic E-state index is 8.81. The molecule has 15 heavy (non-hydrogen) atoms. The molecule has 4 nitrogen and oxygen atoms in total. The monoisotopic (exact) mass is 225 g/mol. The number of hydrogen-bond acceptors (Lipinski definition) is 5. The van der Waals surface area contributed by atoms with E-state index in [1.54, 1.807) is 6.20 Å². The summed E-state index contributed by atoms with van der Waals surface area (Å²) in [5.41, 5.74) is 1.05. The molecule has 5 heteroatoms. The van der Waals surface area contributed by atoms with Crippen molar-refractivity contribution in [2.45, 2.75) is 25.2 Å². The van der Waals surface area contributed by atoms with Gasteiger partial charge in [0, 0.05) is 12.3 Å². The summed E-state index contributed by atoms with van der Waals surface area (Å²) in [4.78, 5) is 4.44. The Balaban J connectivity index is 2.09. The molecule has 0 saturated carbocycles. The second-order valence-corrected chi connectivity index (χ2v) is 4.88. The van der Waals surface area contributed by atoms with Crippen LogP contribution >= 0.6 is 11.8 Å². The van der Waals surface area contributed by atoms with Gasteiger partial charge < -0.3 is 5.11 Å². The Morgan fingerprint density at radius 3 is 2.93 bits per heavy atom. The van der Waals surface area contributed by atoms with Crippen LogP contribution < -0.4 is 0 Å². The molecule has 1 aliphatic heterocycles. The summed E-state index contributed by atoms with van der Waals surface area (Å²) in [6, 6.07) is 0. The Bertz CT molecular complexity index is 315. The van der Waals surface area contributed by atoms with E-state index in [4.69, 9.17) is 5.11 Å². The normalized spacial score (nSPS) is 17.9. The Labute approximate surface area is 93.5 Å². The van der Waals surface area contributed by atoms with Crippen LogP contribution in [0.4, 0.5) is 0 Å². The first kappa shape index (κ1) is 10.8. The molecule has 1 fully saturated rings. The Kier molecular flexibility index (Phi) is 3.91. The number of aliphatic hydroxyl groups excluding tert-OH is 1. The van der Waals surface area contributed by atoms with Gasteiger partial charge in [-0.05, 0) is 24.3 Å². The number of hydrogen-bond donors (Lipinski definition) is 1. The molecular weight excluding hydrogens is 210 g/mol. The maximum absolute atomic E-state index is 8.81. The Morgan fingerprint density at radius 2 is 2.20 bits per heavy atom. The lowest BCUT2D eigenvalue weighted by Gasteiger charge is -2.20. The molecule has 2 rings (SSSR count). The fourth-order valence-corrected chi connectivity index (χ4v) is 2.86. The van der Waals surface area contributed by atoms with Crippen molar-refractivity contribution in [1.82, 2.24) is 15.2 Å². The molecule has 0 atom stereocenters. The van der Waals surface area contributed by atoms with Crippen LogP contribution in [0.1, 0.15) is 30.3 Å². The lowest BCUT2D eigenvalue weighted by Crippen LogP contribution is -2.12. The molecule has 0 spiro atoms. The molecule has 0 unspecified atom stereocenters. The van der Waals surface area contributed by atoms with E-state index in [1.165, 1.54) is 24.3 Å². The number of aliphatic hydroxyl groups is 1. The van der Waals surface area contributed by atoms with Gasteiger partial charge in [-0.2, -0.15) is 16.9 Å². The first-order valence-corrected chi connectivity index (χ1v) is 6.42. The number of nitrogens with zero attached hydrogens (tertiary/aromatic N) is 3. The Hall–Kier alpha value is -0.680. The minimum atomic E-state index is 0.0889. The van der Waals surface area contributed by atoms with Gasteiger partial charge in [0.05, 0.1) is 18.5 Å². The summed E-state index contributed by atoms with van der Waals surface area (Å²) in [5.74, 6) is 3.63. The highest BCUT2D eigenvalue weighted by Gasteiger charge is 2.17. The molecule has 1 N–H and O–H groups in total. The van der Waals surface area contributed by atoms with Crippen LogP contribution in [0.25, 0.3) is 0 Å². The van der Waals surface area contributed by atoms with Gasteiger partial charge in [-0.1, -0.05) is 0 Å². The Morgan fingerprint density at radius 1 is 1.40 bits per heavy atom. The highest BCUT2D eigenvalue weighted by molar-refractivity contribution is 7.99. The zero-order valence-corrected chi connectivity index (χ0v) is 9.41. The first-order chi connectivity index (χ1) is 7.40. The second kappa shape index (κ2) is 5.42. The van der Waals surface area contributed by atoms with Gasteiger partial charge in [-0.3, -0.25) is 0 Å². The number of thioether (sulfide) groups is 1. The van der Waals surface area contributed by atoms with Gasteiger partial charge >= 0.3 is 0 Å². The highest BCUT2D eigenvalue weighted by Crippen LogP contribution is 2.29. The average Bonchev–Trinajstić information content (AvgIpc) is 2.31. The molecule has 1 aliphatic rings. The van der Waals surface area contributed by atoms with Crippen molar-refractivity contribution >= 4 is 11.8 Å². The third-order valence-electron chi connectivity index (χ3n) is 2.60. The van der Waals surface area contributed by atoms with Crippen molar-refractivity contribution in [2.24, 2.45) is 0 Å². The van der Waals surface area contributed by atoms with Gasteiger partial charge in [-0.25, -0.2) is 4.98 Å². The van der Waals surface area contributed by atoms with Gasteiger partial charge in [0.15, 0.2) is 5.82 Å². The predicted molar refractivity (Wildman–Crippen MR) is 59.9 cm³/mol. The van der Waals surface area contributed by atoms with E-state index in [2.05, 4.69) is 15.2 Å². The average molecular weight is 225 g/mol. The van der Waals surface area contributed by atoms with E-state index < -0.39 is 0 Å². The summed E-state index contributed by atoms with van der Waals surface area (Å²) < 4.78 is 0. The highest BCUT2D eigenvalue weighted by atomic mass is 32.2. The lowest BCUT2D eigenvalue weighted by molar-refractivity contribution is 0.295. The van der Waals surface area contributed by atoms with Crippen LogP contribution in [0.15, 0.2) is 6.20 Å². The van der Waals surface area contributed by atoms with Crippen molar-refractivity contribution < 1.29 is 5.11 Å². The minimum absolute atomic E-state index is 0.0889. The first-order valence-electron chi connectivity index (χ1n) is 5.27. The van der Waals surface area contributed by atoms with E-state index >= 15 is 0 Å². The third-order valence-corrected chi connectivity index (χ3v) is 3.65. The molecule has 1 aromatic heterocycles. The van der Waals surface area contributed by atoms with Gasteiger partial charge in [0.25, 0.3) is 0 Å². The fourth-order valence-electron chi connectivity index (χ4n) is 1.75. The second-order valence-electron chi connectivity index (χ2n) is 3.66. The van der Waals surface area contributed by atoms with Crippen LogP contribution in [0, 0.1) is 0 Å². The summed E-state index contributed by atoms with van der Waals surface area (Å²) in [5, 5.41) is 16.7. The third kappa shape index (κ3) is 2.89. The fraction of sp³-hybridized carbons (Fsp3) is 0.700. The SMILES string of the molecule is OCCc1nncc(C2CCSCC2)n1. The topological polar surface area (TPSA) is 58.9 Å². The van der Waals surface area contributed by atoms with E-state index in [-0.39, 0.29) is 6.61 Å². The molecule has 1 saturated heterocycles. The molecular formula is C10H15N3OS. The molecule has 1 aromatic rings. The number of aromatic nitrogens is 3. The quantitative estimate of drug-likeness (QED) is 0.832. The van der Waals surface area contributed by atoms with Crippen molar-refractivity contribution in [3.8, 4) is 0 Å². The van der Waals surface area contributed by atoms with Gasteiger partial charge in [0.1, 0.15) is 0 Å². The summed E-state index contributed by atoms with van der Waals surface area (Å²) >= 11 is 2.00. The van der Waals surface area contributed by atoms with Crippen molar-refractivity contribution in [3.05, 3.63) is 17.7 Å². The predicted octanol–water partition coefficient (Wildman–Crippen LogP) is 1.02. The molecule has 0 amide bonds. The molecule has 0 aliphatic carbocycles. The van der Waals surface area contributed by atoms with Crippen LogP contribution in [0.2, 0.25) is 0 Å². The van der Waals surface area contributed by atoms with Crippen molar-refractivity contribution in [3.63, 3.8) is 0 Å². The minimum Gasteiger partial charge on any atom is -0.396 e. The maximum Gasteiger partial charge on any atom is 0.153 e.